The van der Waals surface area contributed by atoms with Gasteiger partial charge in [0.1, 0.15) is 11.3 Å². The maximum absolute atomic E-state index is 11.1. The van der Waals surface area contributed by atoms with Crippen LogP contribution in [-0.4, -0.2) is 16.1 Å². The Morgan fingerprint density at radius 1 is 1.15 bits per heavy atom. The molecule has 4 heteroatoms. The molecule has 1 heterocycles. The quantitative estimate of drug-likeness (QED) is 0.927. The van der Waals surface area contributed by atoms with Gasteiger partial charge in [-0.15, -0.1) is 0 Å². The average molecular weight is 269 g/mol. The molecule has 4 nitrogen and oxygen atoms in total. The van der Waals surface area contributed by atoms with Crippen molar-refractivity contribution in [3.8, 4) is 11.5 Å². The zero-order chi connectivity index (χ0) is 13.9. The lowest BCUT2D eigenvalue weighted by Crippen LogP contribution is -2.03. The van der Waals surface area contributed by atoms with Gasteiger partial charge in [-0.05, 0) is 55.0 Å². The van der Waals surface area contributed by atoms with Crippen LogP contribution in [0, 0.1) is 0 Å². The summed E-state index contributed by atoms with van der Waals surface area (Å²) in [6.45, 7) is 0. The van der Waals surface area contributed by atoms with E-state index in [1.807, 2.05) is 12.1 Å². The second-order valence-corrected chi connectivity index (χ2v) is 4.92. The van der Waals surface area contributed by atoms with E-state index in [0.717, 1.165) is 12.8 Å². The van der Waals surface area contributed by atoms with Gasteiger partial charge < -0.3 is 9.84 Å². The van der Waals surface area contributed by atoms with Crippen LogP contribution in [0.5, 0.6) is 11.5 Å². The third-order valence-corrected chi connectivity index (χ3v) is 3.56. The molecule has 1 aromatic carbocycles. The molecule has 3 rings (SSSR count). The number of carboxylic acid groups (broad SMARTS) is 1. The van der Waals surface area contributed by atoms with E-state index in [0.29, 0.717) is 5.75 Å². The number of hydrogen-bond acceptors (Lipinski definition) is 3. The number of rotatable bonds is 3. The predicted molar refractivity (Wildman–Crippen MR) is 74.4 cm³/mol. The van der Waals surface area contributed by atoms with Crippen molar-refractivity contribution in [2.75, 3.05) is 0 Å². The van der Waals surface area contributed by atoms with Crippen molar-refractivity contribution in [3.05, 3.63) is 53.3 Å². The molecule has 102 valence electrons. The van der Waals surface area contributed by atoms with Crippen LogP contribution in [0.2, 0.25) is 0 Å². The molecular formula is C16H15NO3. The van der Waals surface area contributed by atoms with E-state index in [-0.39, 0.29) is 11.3 Å². The number of fused-ring (bicyclic) bond motifs is 1. The highest BCUT2D eigenvalue weighted by Gasteiger charge is 2.14. The summed E-state index contributed by atoms with van der Waals surface area (Å²) in [4.78, 5) is 15.1. The standard InChI is InChI=1S/C16H15NO3/c18-16(19)14-7-8-17-10-15(14)20-13-6-5-11-3-1-2-4-12(11)9-13/h5-10H,1-4H2,(H,18,19). The first-order chi connectivity index (χ1) is 9.74. The fourth-order valence-corrected chi connectivity index (χ4v) is 2.54. The minimum atomic E-state index is -1.01. The summed E-state index contributed by atoms with van der Waals surface area (Å²) in [7, 11) is 0. The number of benzene rings is 1. The van der Waals surface area contributed by atoms with Gasteiger partial charge in [-0.25, -0.2) is 4.79 Å². The van der Waals surface area contributed by atoms with E-state index in [2.05, 4.69) is 11.1 Å². The first kappa shape index (κ1) is 12.7. The van der Waals surface area contributed by atoms with Crippen LogP contribution < -0.4 is 4.74 Å². The molecule has 1 aromatic heterocycles. The molecule has 0 bridgehead atoms. The van der Waals surface area contributed by atoms with Crippen molar-refractivity contribution in [2.24, 2.45) is 0 Å². The van der Waals surface area contributed by atoms with Crippen molar-refractivity contribution in [2.45, 2.75) is 25.7 Å². The predicted octanol–water partition coefficient (Wildman–Crippen LogP) is 3.45. The molecule has 0 unspecified atom stereocenters. The maximum Gasteiger partial charge on any atom is 0.339 e. The molecule has 1 N–H and O–H groups in total. The van der Waals surface area contributed by atoms with E-state index in [1.165, 1.54) is 42.4 Å². The number of aromatic nitrogens is 1. The molecule has 0 atom stereocenters. The van der Waals surface area contributed by atoms with Gasteiger partial charge in [0.2, 0.25) is 0 Å². The topological polar surface area (TPSA) is 59.4 Å². The van der Waals surface area contributed by atoms with Crippen molar-refractivity contribution in [1.82, 2.24) is 4.98 Å². The van der Waals surface area contributed by atoms with E-state index >= 15 is 0 Å². The zero-order valence-electron chi connectivity index (χ0n) is 11.0. The van der Waals surface area contributed by atoms with Crippen molar-refractivity contribution >= 4 is 5.97 Å². The molecule has 0 fully saturated rings. The number of aryl methyl sites for hydroxylation is 2. The van der Waals surface area contributed by atoms with E-state index in [9.17, 15) is 4.79 Å². The fourth-order valence-electron chi connectivity index (χ4n) is 2.54. The van der Waals surface area contributed by atoms with Gasteiger partial charge in [-0.1, -0.05) is 6.07 Å². The minimum Gasteiger partial charge on any atom is -0.478 e. The molecule has 0 saturated heterocycles. The summed E-state index contributed by atoms with van der Waals surface area (Å²) in [6, 6.07) is 7.41. The number of aromatic carboxylic acids is 1. The fraction of sp³-hybridized carbons (Fsp3) is 0.250. The Morgan fingerprint density at radius 3 is 2.75 bits per heavy atom. The van der Waals surface area contributed by atoms with Crippen molar-refractivity contribution < 1.29 is 14.6 Å². The maximum atomic E-state index is 11.1. The summed E-state index contributed by atoms with van der Waals surface area (Å²) in [5.41, 5.74) is 2.79. The molecule has 2 aromatic rings. The Kier molecular flexibility index (Phi) is 3.37. The van der Waals surface area contributed by atoms with Crippen LogP contribution in [0.25, 0.3) is 0 Å². The number of pyridine rings is 1. The number of carboxylic acids is 1. The van der Waals surface area contributed by atoms with Crippen LogP contribution >= 0.6 is 0 Å². The summed E-state index contributed by atoms with van der Waals surface area (Å²) < 4.78 is 5.69. The van der Waals surface area contributed by atoms with E-state index in [4.69, 9.17) is 9.84 Å². The Hall–Kier alpha value is -2.36. The summed E-state index contributed by atoms with van der Waals surface area (Å²) >= 11 is 0. The van der Waals surface area contributed by atoms with Crippen LogP contribution in [0.3, 0.4) is 0 Å². The number of nitrogens with zero attached hydrogens (tertiary/aromatic N) is 1. The second kappa shape index (κ2) is 5.33. The molecule has 0 amide bonds. The van der Waals surface area contributed by atoms with Gasteiger partial charge in [0.15, 0.2) is 5.75 Å². The highest BCUT2D eigenvalue weighted by atomic mass is 16.5. The third kappa shape index (κ3) is 2.50. The van der Waals surface area contributed by atoms with Gasteiger partial charge in [-0.2, -0.15) is 0 Å². The first-order valence-corrected chi connectivity index (χ1v) is 6.71. The molecular weight excluding hydrogens is 254 g/mol. The normalized spacial score (nSPS) is 13.6. The van der Waals surface area contributed by atoms with E-state index in [1.54, 1.807) is 0 Å². The lowest BCUT2D eigenvalue weighted by Gasteiger charge is -2.17. The number of hydrogen-bond donors (Lipinski definition) is 1. The van der Waals surface area contributed by atoms with Crippen molar-refractivity contribution in [3.63, 3.8) is 0 Å². The minimum absolute atomic E-state index is 0.123. The average Bonchev–Trinajstić information content (AvgIpc) is 2.47. The molecule has 1 aliphatic rings. The summed E-state index contributed by atoms with van der Waals surface area (Å²) in [5.74, 6) is -0.0720. The second-order valence-electron chi connectivity index (χ2n) is 4.92. The SMILES string of the molecule is O=C(O)c1ccncc1Oc1ccc2c(c1)CCCC2. The van der Waals surface area contributed by atoms with Gasteiger partial charge >= 0.3 is 5.97 Å². The number of ether oxygens (including phenoxy) is 1. The van der Waals surface area contributed by atoms with E-state index < -0.39 is 5.97 Å². The van der Waals surface area contributed by atoms with Gasteiger partial charge in [0.25, 0.3) is 0 Å². The highest BCUT2D eigenvalue weighted by Crippen LogP contribution is 2.29. The molecule has 0 spiro atoms. The molecule has 1 aliphatic carbocycles. The Balaban J connectivity index is 1.90. The molecule has 0 radical (unpaired) electrons. The van der Waals surface area contributed by atoms with Crippen LogP contribution in [0.15, 0.2) is 36.7 Å². The van der Waals surface area contributed by atoms with Crippen LogP contribution in [0.1, 0.15) is 34.3 Å². The molecule has 20 heavy (non-hydrogen) atoms. The van der Waals surface area contributed by atoms with Crippen LogP contribution in [0.4, 0.5) is 0 Å². The largest absolute Gasteiger partial charge is 0.478 e. The third-order valence-electron chi connectivity index (χ3n) is 3.56. The molecule has 0 saturated carbocycles. The van der Waals surface area contributed by atoms with Gasteiger partial charge in [0.05, 0.1) is 6.20 Å². The summed E-state index contributed by atoms with van der Waals surface area (Å²) in [5, 5.41) is 9.13. The highest BCUT2D eigenvalue weighted by molar-refractivity contribution is 5.90. The Bertz CT molecular complexity index is 652. The van der Waals surface area contributed by atoms with Gasteiger partial charge in [-0.3, -0.25) is 4.98 Å². The Morgan fingerprint density at radius 2 is 1.95 bits per heavy atom. The first-order valence-electron chi connectivity index (χ1n) is 6.71. The van der Waals surface area contributed by atoms with Crippen molar-refractivity contribution in [1.29, 1.82) is 0 Å². The van der Waals surface area contributed by atoms with Crippen LogP contribution in [-0.2, 0) is 12.8 Å². The lowest BCUT2D eigenvalue weighted by molar-refractivity contribution is 0.0694. The Labute approximate surface area is 117 Å². The smallest absolute Gasteiger partial charge is 0.339 e. The summed E-state index contributed by atoms with van der Waals surface area (Å²) in [6.07, 6.45) is 7.49. The number of carbonyl (C=O) groups is 1. The monoisotopic (exact) mass is 269 g/mol. The molecule has 0 aliphatic heterocycles. The lowest BCUT2D eigenvalue weighted by atomic mass is 9.92. The van der Waals surface area contributed by atoms with Gasteiger partial charge in [0, 0.05) is 6.20 Å². The zero-order valence-corrected chi connectivity index (χ0v) is 11.0.